The van der Waals surface area contributed by atoms with E-state index in [2.05, 4.69) is 29.0 Å². The van der Waals surface area contributed by atoms with E-state index in [4.69, 9.17) is 5.11 Å². The van der Waals surface area contributed by atoms with Gasteiger partial charge in [0.1, 0.15) is 6.17 Å². The molecule has 1 unspecified atom stereocenters. The molecule has 19 heavy (non-hydrogen) atoms. The van der Waals surface area contributed by atoms with Gasteiger partial charge in [0.05, 0.1) is 6.61 Å². The molecule has 0 aromatic carbocycles. The third kappa shape index (κ3) is 7.48. The summed E-state index contributed by atoms with van der Waals surface area (Å²) in [5.41, 5.74) is 0. The maximum Gasteiger partial charge on any atom is 0.105 e. The van der Waals surface area contributed by atoms with Crippen LogP contribution in [0.3, 0.4) is 0 Å². The maximum absolute atomic E-state index is 8.96. The van der Waals surface area contributed by atoms with Crippen molar-refractivity contribution in [3.63, 3.8) is 0 Å². The van der Waals surface area contributed by atoms with Crippen LogP contribution in [-0.2, 0) is 0 Å². The van der Waals surface area contributed by atoms with Gasteiger partial charge in [0, 0.05) is 25.7 Å². The summed E-state index contributed by atoms with van der Waals surface area (Å²) in [4.78, 5) is 6.66. The molecule has 0 radical (unpaired) electrons. The number of hydrogen-bond donors (Lipinski definition) is 1. The van der Waals surface area contributed by atoms with Gasteiger partial charge >= 0.3 is 0 Å². The molecular formula is C16H30N2O. The first-order valence-electron chi connectivity index (χ1n) is 7.90. The summed E-state index contributed by atoms with van der Waals surface area (Å²) in [5.74, 6) is 0. The predicted molar refractivity (Wildman–Crippen MR) is 82.7 cm³/mol. The van der Waals surface area contributed by atoms with Crippen molar-refractivity contribution in [1.82, 2.24) is 4.90 Å². The maximum atomic E-state index is 8.96. The van der Waals surface area contributed by atoms with E-state index in [0.717, 1.165) is 19.5 Å². The van der Waals surface area contributed by atoms with Gasteiger partial charge in [-0.05, 0) is 12.8 Å². The third-order valence-corrected chi connectivity index (χ3v) is 3.64. The van der Waals surface area contributed by atoms with E-state index < -0.39 is 0 Å². The molecule has 1 heterocycles. The molecule has 3 heteroatoms. The molecule has 1 aliphatic heterocycles. The molecule has 0 aromatic rings. The van der Waals surface area contributed by atoms with Gasteiger partial charge < -0.3 is 5.11 Å². The minimum absolute atomic E-state index is 0.224. The van der Waals surface area contributed by atoms with Crippen molar-refractivity contribution < 1.29 is 5.11 Å². The molecule has 3 nitrogen and oxygen atoms in total. The lowest BCUT2D eigenvalue weighted by molar-refractivity contribution is 0.184. The van der Waals surface area contributed by atoms with E-state index in [1.807, 2.05) is 6.21 Å². The molecule has 110 valence electrons. The molecule has 0 amide bonds. The van der Waals surface area contributed by atoms with Crippen molar-refractivity contribution in [3.05, 3.63) is 12.2 Å². The van der Waals surface area contributed by atoms with Gasteiger partial charge in [-0.2, -0.15) is 0 Å². The number of aliphatic imine (C=N–C) groups is 1. The lowest BCUT2D eigenvalue weighted by atomic mass is 10.1. The number of nitrogens with zero attached hydrogens (tertiary/aromatic N) is 2. The molecule has 1 rings (SSSR count). The second-order valence-corrected chi connectivity index (χ2v) is 5.29. The Kier molecular flexibility index (Phi) is 9.64. The van der Waals surface area contributed by atoms with Gasteiger partial charge in [-0.1, -0.05) is 51.2 Å². The van der Waals surface area contributed by atoms with Crippen LogP contribution in [0.2, 0.25) is 0 Å². The standard InChI is InChI=1S/C16H30N2O/c1-2-3-4-5-6-7-8-9-10-11-16-17-12-13-18(16)14-15-19/h9-10,12,16,19H,2-8,11,13-15H2,1H3/b10-9+. The monoisotopic (exact) mass is 266 g/mol. The molecule has 1 N–H and O–H groups in total. The summed E-state index contributed by atoms with van der Waals surface area (Å²) in [7, 11) is 0. The van der Waals surface area contributed by atoms with E-state index in [0.29, 0.717) is 0 Å². The van der Waals surface area contributed by atoms with Crippen LogP contribution in [-0.4, -0.2) is 42.1 Å². The average Bonchev–Trinajstić information content (AvgIpc) is 2.85. The molecule has 0 saturated heterocycles. The average molecular weight is 266 g/mol. The quantitative estimate of drug-likeness (QED) is 0.459. The number of β-amino-alcohol motifs (C(OH)–C–C–N with tert-alkyl or cyclic N) is 1. The van der Waals surface area contributed by atoms with E-state index in [9.17, 15) is 0 Å². The Morgan fingerprint density at radius 3 is 2.79 bits per heavy atom. The molecular weight excluding hydrogens is 236 g/mol. The first-order valence-corrected chi connectivity index (χ1v) is 7.90. The molecule has 0 bridgehead atoms. The van der Waals surface area contributed by atoms with E-state index in [1.165, 1.54) is 44.9 Å². The Labute approximate surface area is 118 Å². The van der Waals surface area contributed by atoms with Crippen LogP contribution in [0.5, 0.6) is 0 Å². The first-order chi connectivity index (χ1) is 9.38. The van der Waals surface area contributed by atoms with Crippen molar-refractivity contribution in [2.45, 2.75) is 64.5 Å². The Bertz CT molecular complexity index is 263. The van der Waals surface area contributed by atoms with Crippen LogP contribution in [0.4, 0.5) is 0 Å². The molecule has 0 saturated carbocycles. The summed E-state index contributed by atoms with van der Waals surface area (Å²) in [5, 5.41) is 8.96. The number of rotatable bonds is 11. The smallest absolute Gasteiger partial charge is 0.105 e. The molecule has 0 aromatic heterocycles. The van der Waals surface area contributed by atoms with Gasteiger partial charge in [0.25, 0.3) is 0 Å². The van der Waals surface area contributed by atoms with E-state index >= 15 is 0 Å². The molecule has 1 atom stereocenters. The summed E-state index contributed by atoms with van der Waals surface area (Å²) < 4.78 is 0. The minimum Gasteiger partial charge on any atom is -0.395 e. The second kappa shape index (κ2) is 11.2. The zero-order valence-electron chi connectivity index (χ0n) is 12.4. The van der Waals surface area contributed by atoms with Crippen molar-refractivity contribution >= 4 is 6.21 Å². The predicted octanol–water partition coefficient (Wildman–Crippen LogP) is 3.39. The Hall–Kier alpha value is -0.670. The highest BCUT2D eigenvalue weighted by atomic mass is 16.3. The van der Waals surface area contributed by atoms with Crippen molar-refractivity contribution in [1.29, 1.82) is 0 Å². The zero-order chi connectivity index (χ0) is 13.8. The third-order valence-electron chi connectivity index (χ3n) is 3.64. The van der Waals surface area contributed by atoms with E-state index in [-0.39, 0.29) is 12.8 Å². The number of aliphatic hydroxyl groups is 1. The second-order valence-electron chi connectivity index (χ2n) is 5.29. The summed E-state index contributed by atoms with van der Waals surface area (Å²) in [6.45, 7) is 4.10. The van der Waals surface area contributed by atoms with Crippen LogP contribution in [0.25, 0.3) is 0 Å². The summed E-state index contributed by atoms with van der Waals surface area (Å²) in [6.07, 6.45) is 17.1. The number of unbranched alkanes of at least 4 members (excludes halogenated alkanes) is 6. The normalized spacial score (nSPS) is 19.8. The number of allylic oxidation sites excluding steroid dienone is 1. The molecule has 0 aliphatic carbocycles. The fourth-order valence-electron chi connectivity index (χ4n) is 2.45. The molecule has 0 spiro atoms. The zero-order valence-corrected chi connectivity index (χ0v) is 12.4. The molecule has 0 fully saturated rings. The topological polar surface area (TPSA) is 35.8 Å². The number of aliphatic hydroxyl groups excluding tert-OH is 1. The van der Waals surface area contributed by atoms with Crippen molar-refractivity contribution in [3.8, 4) is 0 Å². The highest BCUT2D eigenvalue weighted by Crippen LogP contribution is 2.12. The fraction of sp³-hybridized carbons (Fsp3) is 0.812. The van der Waals surface area contributed by atoms with Gasteiger partial charge in [-0.15, -0.1) is 0 Å². The minimum atomic E-state index is 0.224. The van der Waals surface area contributed by atoms with Gasteiger partial charge in [0.15, 0.2) is 0 Å². The van der Waals surface area contributed by atoms with Gasteiger partial charge in [0.2, 0.25) is 0 Å². The highest BCUT2D eigenvalue weighted by molar-refractivity contribution is 5.62. The fourth-order valence-corrected chi connectivity index (χ4v) is 2.45. The van der Waals surface area contributed by atoms with Crippen LogP contribution in [0.15, 0.2) is 17.1 Å². The summed E-state index contributed by atoms with van der Waals surface area (Å²) in [6, 6.07) is 0. The van der Waals surface area contributed by atoms with Crippen LogP contribution < -0.4 is 0 Å². The van der Waals surface area contributed by atoms with Crippen LogP contribution in [0.1, 0.15) is 58.3 Å². The van der Waals surface area contributed by atoms with Gasteiger partial charge in [-0.25, -0.2) is 0 Å². The Morgan fingerprint density at radius 1 is 1.21 bits per heavy atom. The van der Waals surface area contributed by atoms with Crippen molar-refractivity contribution in [2.75, 3.05) is 19.7 Å². The van der Waals surface area contributed by atoms with E-state index in [1.54, 1.807) is 0 Å². The molecule has 1 aliphatic rings. The summed E-state index contributed by atoms with van der Waals surface area (Å²) >= 11 is 0. The Morgan fingerprint density at radius 2 is 2.00 bits per heavy atom. The van der Waals surface area contributed by atoms with Crippen LogP contribution >= 0.6 is 0 Å². The lowest BCUT2D eigenvalue weighted by Gasteiger charge is -2.20. The Balaban J connectivity index is 1.99. The first kappa shape index (κ1) is 16.4. The number of hydrogen-bond acceptors (Lipinski definition) is 3. The lowest BCUT2D eigenvalue weighted by Crippen LogP contribution is -2.32. The largest absolute Gasteiger partial charge is 0.395 e. The van der Waals surface area contributed by atoms with Gasteiger partial charge in [-0.3, -0.25) is 9.89 Å². The van der Waals surface area contributed by atoms with Crippen molar-refractivity contribution in [2.24, 2.45) is 4.99 Å². The van der Waals surface area contributed by atoms with Crippen LogP contribution in [0, 0.1) is 0 Å². The SMILES string of the molecule is CCCCCCCC/C=C/CC1N=CCN1CCO. The highest BCUT2D eigenvalue weighted by Gasteiger charge is 2.18.